The van der Waals surface area contributed by atoms with Crippen LogP contribution in [-0.4, -0.2) is 28.0 Å². The monoisotopic (exact) mass is 317 g/mol. The molecule has 1 aliphatic rings. The average molecular weight is 317 g/mol. The quantitative estimate of drug-likeness (QED) is 0.743. The highest BCUT2D eigenvalue weighted by Crippen LogP contribution is 2.26. The molecule has 3 aromatic heterocycles. The summed E-state index contributed by atoms with van der Waals surface area (Å²) in [5, 5.41) is 0. The standard InChI is InChI=1S/C19H19N5/c1-2-8-21-18(5-1)23-12-13-24(14-16-6-10-20-11-7-16)19-17(15-23)4-3-9-22-19/h1-11H,12-15H2. The Morgan fingerprint density at radius 2 is 1.71 bits per heavy atom. The third-order valence-electron chi connectivity index (χ3n) is 4.26. The molecule has 5 nitrogen and oxygen atoms in total. The first kappa shape index (κ1) is 14.6. The molecule has 0 unspecified atom stereocenters. The second kappa shape index (κ2) is 6.66. The van der Waals surface area contributed by atoms with E-state index < -0.39 is 0 Å². The Balaban J connectivity index is 1.64. The van der Waals surface area contributed by atoms with Crippen LogP contribution in [0.5, 0.6) is 0 Å². The number of rotatable bonds is 3. The average Bonchev–Trinajstić information content (AvgIpc) is 2.83. The van der Waals surface area contributed by atoms with Gasteiger partial charge in [0.2, 0.25) is 0 Å². The van der Waals surface area contributed by atoms with Gasteiger partial charge in [0.15, 0.2) is 0 Å². The first-order chi connectivity index (χ1) is 11.9. The molecule has 0 fully saturated rings. The highest BCUT2D eigenvalue weighted by atomic mass is 15.3. The lowest BCUT2D eigenvalue weighted by molar-refractivity contribution is 0.745. The molecule has 0 N–H and O–H groups in total. The van der Waals surface area contributed by atoms with Gasteiger partial charge in [0, 0.05) is 56.5 Å². The van der Waals surface area contributed by atoms with Crippen LogP contribution in [0.1, 0.15) is 11.1 Å². The molecule has 5 heteroatoms. The lowest BCUT2D eigenvalue weighted by atomic mass is 10.2. The lowest BCUT2D eigenvalue weighted by Gasteiger charge is -2.24. The molecule has 24 heavy (non-hydrogen) atoms. The van der Waals surface area contributed by atoms with Gasteiger partial charge in [0.1, 0.15) is 11.6 Å². The minimum absolute atomic E-state index is 0.826. The molecule has 0 bridgehead atoms. The second-order valence-electron chi connectivity index (χ2n) is 5.87. The summed E-state index contributed by atoms with van der Waals surface area (Å²) in [7, 11) is 0. The predicted octanol–water partition coefficient (Wildman–Crippen LogP) is 2.90. The molecule has 0 amide bonds. The summed E-state index contributed by atoms with van der Waals surface area (Å²) in [6, 6.07) is 14.3. The van der Waals surface area contributed by atoms with Gasteiger partial charge in [-0.1, -0.05) is 12.1 Å². The number of hydrogen-bond acceptors (Lipinski definition) is 5. The predicted molar refractivity (Wildman–Crippen MR) is 94.8 cm³/mol. The van der Waals surface area contributed by atoms with Gasteiger partial charge >= 0.3 is 0 Å². The molecule has 0 atom stereocenters. The second-order valence-corrected chi connectivity index (χ2v) is 5.87. The summed E-state index contributed by atoms with van der Waals surface area (Å²) >= 11 is 0. The molecule has 0 saturated heterocycles. The van der Waals surface area contributed by atoms with Crippen molar-refractivity contribution in [1.82, 2.24) is 15.0 Å². The van der Waals surface area contributed by atoms with Crippen LogP contribution >= 0.6 is 0 Å². The first-order valence-corrected chi connectivity index (χ1v) is 8.14. The zero-order valence-electron chi connectivity index (χ0n) is 13.4. The summed E-state index contributed by atoms with van der Waals surface area (Å²) in [4.78, 5) is 17.9. The third-order valence-corrected chi connectivity index (χ3v) is 4.26. The van der Waals surface area contributed by atoms with Crippen molar-refractivity contribution < 1.29 is 0 Å². The number of nitrogens with zero attached hydrogens (tertiary/aromatic N) is 5. The molecule has 4 heterocycles. The number of hydrogen-bond donors (Lipinski definition) is 0. The largest absolute Gasteiger partial charge is 0.350 e. The Morgan fingerprint density at radius 3 is 2.54 bits per heavy atom. The Kier molecular flexibility index (Phi) is 4.06. The van der Waals surface area contributed by atoms with Crippen LogP contribution in [0.4, 0.5) is 11.6 Å². The van der Waals surface area contributed by atoms with E-state index in [4.69, 9.17) is 0 Å². The molecule has 0 aliphatic carbocycles. The normalized spacial score (nSPS) is 14.2. The first-order valence-electron chi connectivity index (χ1n) is 8.14. The Hall–Kier alpha value is -2.95. The van der Waals surface area contributed by atoms with E-state index in [1.807, 2.05) is 43.0 Å². The van der Waals surface area contributed by atoms with Crippen LogP contribution in [0, 0.1) is 0 Å². The molecule has 0 saturated carbocycles. The number of anilines is 2. The number of pyridine rings is 3. The van der Waals surface area contributed by atoms with E-state index in [0.29, 0.717) is 0 Å². The fourth-order valence-corrected chi connectivity index (χ4v) is 3.07. The van der Waals surface area contributed by atoms with Crippen molar-refractivity contribution in [3.05, 3.63) is 78.4 Å². The third kappa shape index (κ3) is 3.06. The van der Waals surface area contributed by atoms with E-state index in [0.717, 1.165) is 37.8 Å². The zero-order valence-corrected chi connectivity index (χ0v) is 13.4. The molecule has 3 aromatic rings. The Morgan fingerprint density at radius 1 is 0.833 bits per heavy atom. The number of fused-ring (bicyclic) bond motifs is 1. The molecule has 1 aliphatic heterocycles. The minimum Gasteiger partial charge on any atom is -0.350 e. The van der Waals surface area contributed by atoms with Gasteiger partial charge in [-0.3, -0.25) is 4.98 Å². The molecule has 0 aromatic carbocycles. The van der Waals surface area contributed by atoms with E-state index in [9.17, 15) is 0 Å². The van der Waals surface area contributed by atoms with E-state index in [2.05, 4.69) is 49.0 Å². The lowest BCUT2D eigenvalue weighted by Crippen LogP contribution is -2.31. The van der Waals surface area contributed by atoms with Crippen LogP contribution in [-0.2, 0) is 13.1 Å². The van der Waals surface area contributed by atoms with Crippen LogP contribution in [0.2, 0.25) is 0 Å². The van der Waals surface area contributed by atoms with Crippen molar-refractivity contribution in [3.63, 3.8) is 0 Å². The maximum absolute atomic E-state index is 4.65. The molecule has 120 valence electrons. The van der Waals surface area contributed by atoms with Gasteiger partial charge in [-0.25, -0.2) is 9.97 Å². The summed E-state index contributed by atoms with van der Waals surface area (Å²) in [5.74, 6) is 2.07. The smallest absolute Gasteiger partial charge is 0.133 e. The highest BCUT2D eigenvalue weighted by Gasteiger charge is 2.21. The topological polar surface area (TPSA) is 45.2 Å². The fraction of sp³-hybridized carbons (Fsp3) is 0.211. The van der Waals surface area contributed by atoms with E-state index in [1.54, 1.807) is 0 Å². The van der Waals surface area contributed by atoms with E-state index in [-0.39, 0.29) is 0 Å². The van der Waals surface area contributed by atoms with Gasteiger partial charge in [-0.05, 0) is 35.9 Å². The van der Waals surface area contributed by atoms with Crippen molar-refractivity contribution in [2.24, 2.45) is 0 Å². The maximum atomic E-state index is 4.65. The highest BCUT2D eigenvalue weighted by molar-refractivity contribution is 5.52. The van der Waals surface area contributed by atoms with E-state index in [1.165, 1.54) is 11.1 Å². The van der Waals surface area contributed by atoms with Crippen molar-refractivity contribution in [1.29, 1.82) is 0 Å². The molecular weight excluding hydrogens is 298 g/mol. The van der Waals surface area contributed by atoms with Crippen LogP contribution < -0.4 is 9.80 Å². The van der Waals surface area contributed by atoms with Crippen LogP contribution in [0.25, 0.3) is 0 Å². The minimum atomic E-state index is 0.826. The van der Waals surface area contributed by atoms with Gasteiger partial charge < -0.3 is 9.80 Å². The van der Waals surface area contributed by atoms with Gasteiger partial charge in [-0.2, -0.15) is 0 Å². The van der Waals surface area contributed by atoms with Gasteiger partial charge in [0.25, 0.3) is 0 Å². The van der Waals surface area contributed by atoms with Crippen molar-refractivity contribution in [2.45, 2.75) is 13.1 Å². The zero-order chi connectivity index (χ0) is 16.2. The molecule has 0 radical (unpaired) electrons. The Labute approximate surface area is 141 Å². The maximum Gasteiger partial charge on any atom is 0.133 e. The van der Waals surface area contributed by atoms with Crippen LogP contribution in [0.3, 0.4) is 0 Å². The summed E-state index contributed by atoms with van der Waals surface area (Å²) in [5.41, 5.74) is 2.47. The van der Waals surface area contributed by atoms with Crippen molar-refractivity contribution in [2.75, 3.05) is 22.9 Å². The molecule has 0 spiro atoms. The van der Waals surface area contributed by atoms with Gasteiger partial charge in [0.05, 0.1) is 0 Å². The van der Waals surface area contributed by atoms with E-state index >= 15 is 0 Å². The summed E-state index contributed by atoms with van der Waals surface area (Å²) in [6.07, 6.45) is 7.40. The molecule has 4 rings (SSSR count). The van der Waals surface area contributed by atoms with Gasteiger partial charge in [-0.15, -0.1) is 0 Å². The van der Waals surface area contributed by atoms with Crippen molar-refractivity contribution >= 4 is 11.6 Å². The molecular formula is C19H19N5. The van der Waals surface area contributed by atoms with Crippen molar-refractivity contribution in [3.8, 4) is 0 Å². The Bertz CT molecular complexity index is 791. The summed E-state index contributed by atoms with van der Waals surface area (Å²) in [6.45, 7) is 3.48. The van der Waals surface area contributed by atoms with Crippen LogP contribution in [0.15, 0.2) is 67.3 Å². The fourth-order valence-electron chi connectivity index (χ4n) is 3.07. The summed E-state index contributed by atoms with van der Waals surface area (Å²) < 4.78 is 0. The number of aromatic nitrogens is 3. The SMILES string of the molecule is c1ccc(N2CCN(Cc3ccncc3)c3ncccc3C2)nc1.